The second-order valence-corrected chi connectivity index (χ2v) is 5.37. The van der Waals surface area contributed by atoms with Crippen molar-refractivity contribution < 1.29 is 17.9 Å². The minimum absolute atomic E-state index is 0.0627. The van der Waals surface area contributed by atoms with Crippen molar-refractivity contribution in [1.82, 2.24) is 15.0 Å². The molecule has 1 aliphatic heterocycles. The summed E-state index contributed by atoms with van der Waals surface area (Å²) in [4.78, 5) is 14.3. The van der Waals surface area contributed by atoms with E-state index in [0.29, 0.717) is 6.61 Å². The van der Waals surface area contributed by atoms with Crippen LogP contribution in [0.25, 0.3) is 11.0 Å². The average molecular weight is 332 g/mol. The van der Waals surface area contributed by atoms with Gasteiger partial charge in [-0.2, -0.15) is 13.2 Å². The number of hydrogen-bond acceptors (Lipinski definition) is 4. The van der Waals surface area contributed by atoms with Crippen LogP contribution in [-0.2, 0) is 6.18 Å². The Kier molecular flexibility index (Phi) is 3.26. The summed E-state index contributed by atoms with van der Waals surface area (Å²) in [6.07, 6.45) is -1.64. The van der Waals surface area contributed by atoms with Crippen LogP contribution in [-0.4, -0.2) is 27.8 Å². The van der Waals surface area contributed by atoms with Crippen LogP contribution in [0.1, 0.15) is 17.2 Å². The molecule has 1 atom stereocenters. The molecule has 5 nitrogen and oxygen atoms in total. The molecule has 3 aromatic rings. The summed E-state index contributed by atoms with van der Waals surface area (Å²) in [5.41, 5.74) is 0.230. The molecule has 4 rings (SSSR count). The highest BCUT2D eigenvalue weighted by molar-refractivity contribution is 5.88. The van der Waals surface area contributed by atoms with Crippen LogP contribution in [0, 0.1) is 0 Å². The Hall–Kier alpha value is -2.90. The molecule has 1 aromatic carbocycles. The topological polar surface area (TPSA) is 63.2 Å². The largest absolute Gasteiger partial charge is 0.492 e. The molecular weight excluding hydrogens is 321 g/mol. The lowest BCUT2D eigenvalue weighted by atomic mass is 10.0. The number of aliphatic imine (C=N–C) groups is 1. The zero-order valence-electron chi connectivity index (χ0n) is 12.2. The van der Waals surface area contributed by atoms with Crippen LogP contribution in [0.5, 0.6) is 5.75 Å². The summed E-state index contributed by atoms with van der Waals surface area (Å²) in [5, 5.41) is 0.230. The molecule has 0 fully saturated rings. The highest BCUT2D eigenvalue weighted by Gasteiger charge is 2.33. The monoisotopic (exact) mass is 332 g/mol. The minimum atomic E-state index is -4.47. The van der Waals surface area contributed by atoms with Gasteiger partial charge in [0.2, 0.25) is 0 Å². The summed E-state index contributed by atoms with van der Waals surface area (Å²) in [7, 11) is 0. The van der Waals surface area contributed by atoms with E-state index >= 15 is 0 Å². The molecular formula is C16H11F3N4O. The quantitative estimate of drug-likeness (QED) is 0.725. The maximum atomic E-state index is 12.8. The number of nitrogens with zero attached hydrogens (tertiary/aromatic N) is 3. The Morgan fingerprint density at radius 3 is 2.92 bits per heavy atom. The number of fused-ring (bicyclic) bond motifs is 2. The van der Waals surface area contributed by atoms with E-state index in [2.05, 4.69) is 19.9 Å². The molecule has 122 valence electrons. The normalized spacial score (nSPS) is 17.4. The first-order valence-electron chi connectivity index (χ1n) is 7.19. The predicted molar refractivity (Wildman–Crippen MR) is 81.7 cm³/mol. The van der Waals surface area contributed by atoms with Crippen molar-refractivity contribution in [3.63, 3.8) is 0 Å². The van der Waals surface area contributed by atoms with Crippen LogP contribution >= 0.6 is 0 Å². The third-order valence-corrected chi connectivity index (χ3v) is 3.82. The van der Waals surface area contributed by atoms with Gasteiger partial charge in [0.05, 0.1) is 11.3 Å². The summed E-state index contributed by atoms with van der Waals surface area (Å²) >= 11 is 0. The Morgan fingerprint density at radius 2 is 2.08 bits per heavy atom. The standard InChI is InChI=1S/C16H11F3N4O/c17-16(18,19)13-5-11-14(21-8-22-15(11)23-13)20-6-9-7-24-12-4-2-1-3-10(9)12/h1-6,8-9H,7H2,(H,21,22,23). The van der Waals surface area contributed by atoms with Gasteiger partial charge < -0.3 is 9.72 Å². The van der Waals surface area contributed by atoms with Gasteiger partial charge in [-0.3, -0.25) is 0 Å². The zero-order valence-corrected chi connectivity index (χ0v) is 12.2. The molecule has 0 bridgehead atoms. The second kappa shape index (κ2) is 5.33. The molecule has 2 aromatic heterocycles. The number of nitrogens with one attached hydrogen (secondary N) is 1. The smallest absolute Gasteiger partial charge is 0.431 e. The summed E-state index contributed by atoms with van der Waals surface area (Å²) in [5.74, 6) is 0.922. The maximum Gasteiger partial charge on any atom is 0.431 e. The number of hydrogen-bond donors (Lipinski definition) is 1. The highest BCUT2D eigenvalue weighted by Crippen LogP contribution is 2.34. The predicted octanol–water partition coefficient (Wildman–Crippen LogP) is 3.86. The van der Waals surface area contributed by atoms with Gasteiger partial charge in [0.25, 0.3) is 0 Å². The fourth-order valence-corrected chi connectivity index (χ4v) is 2.65. The Bertz CT molecular complexity index is 932. The minimum Gasteiger partial charge on any atom is -0.492 e. The van der Waals surface area contributed by atoms with E-state index < -0.39 is 11.9 Å². The molecule has 0 saturated heterocycles. The van der Waals surface area contributed by atoms with Crippen molar-refractivity contribution >= 4 is 23.1 Å². The number of aromatic amines is 1. The molecule has 0 radical (unpaired) electrons. The number of aromatic nitrogens is 3. The molecule has 1 aliphatic rings. The Morgan fingerprint density at radius 1 is 1.25 bits per heavy atom. The van der Waals surface area contributed by atoms with E-state index in [1.165, 1.54) is 6.33 Å². The van der Waals surface area contributed by atoms with Crippen molar-refractivity contribution in [2.24, 2.45) is 4.99 Å². The summed E-state index contributed by atoms with van der Waals surface area (Å²) in [6.45, 7) is 0.442. The molecule has 0 amide bonds. The van der Waals surface area contributed by atoms with E-state index in [9.17, 15) is 13.2 Å². The number of H-pyrrole nitrogens is 1. The number of ether oxygens (including phenoxy) is 1. The van der Waals surface area contributed by atoms with E-state index in [1.54, 1.807) is 6.21 Å². The maximum absolute atomic E-state index is 12.8. The number of para-hydroxylation sites is 1. The first-order valence-corrected chi connectivity index (χ1v) is 7.19. The molecule has 24 heavy (non-hydrogen) atoms. The number of rotatable bonds is 2. The summed E-state index contributed by atoms with van der Waals surface area (Å²) in [6, 6.07) is 8.56. The molecule has 8 heteroatoms. The zero-order chi connectivity index (χ0) is 16.7. The van der Waals surface area contributed by atoms with Gasteiger partial charge in [0.1, 0.15) is 30.0 Å². The van der Waals surface area contributed by atoms with Crippen LogP contribution in [0.3, 0.4) is 0 Å². The average Bonchev–Trinajstić information content (AvgIpc) is 3.17. The fourth-order valence-electron chi connectivity index (χ4n) is 2.65. The fraction of sp³-hybridized carbons (Fsp3) is 0.188. The highest BCUT2D eigenvalue weighted by atomic mass is 19.4. The third kappa shape index (κ3) is 2.49. The second-order valence-electron chi connectivity index (χ2n) is 5.37. The summed E-state index contributed by atoms with van der Waals surface area (Å²) < 4.78 is 44.0. The number of halogens is 3. The van der Waals surface area contributed by atoms with E-state index in [4.69, 9.17) is 4.74 Å². The van der Waals surface area contributed by atoms with Gasteiger partial charge >= 0.3 is 6.18 Å². The van der Waals surface area contributed by atoms with Gasteiger partial charge in [-0.15, -0.1) is 0 Å². The molecule has 0 aliphatic carbocycles. The van der Waals surface area contributed by atoms with Gasteiger partial charge in [0, 0.05) is 11.8 Å². The Balaban J connectivity index is 1.69. The van der Waals surface area contributed by atoms with Crippen LogP contribution in [0.4, 0.5) is 19.0 Å². The van der Waals surface area contributed by atoms with Crippen molar-refractivity contribution in [3.8, 4) is 5.75 Å². The van der Waals surface area contributed by atoms with Crippen LogP contribution in [0.2, 0.25) is 0 Å². The van der Waals surface area contributed by atoms with Gasteiger partial charge in [-0.05, 0) is 12.1 Å². The number of benzene rings is 1. The molecule has 1 N–H and O–H groups in total. The van der Waals surface area contributed by atoms with Crippen molar-refractivity contribution in [2.75, 3.05) is 6.61 Å². The van der Waals surface area contributed by atoms with E-state index in [1.807, 2.05) is 24.3 Å². The van der Waals surface area contributed by atoms with Crippen LogP contribution < -0.4 is 4.74 Å². The van der Waals surface area contributed by atoms with E-state index in [-0.39, 0.29) is 22.8 Å². The van der Waals surface area contributed by atoms with Crippen LogP contribution in [0.15, 0.2) is 41.7 Å². The molecule has 1 unspecified atom stereocenters. The van der Waals surface area contributed by atoms with Crippen molar-refractivity contribution in [3.05, 3.63) is 47.9 Å². The van der Waals surface area contributed by atoms with Crippen molar-refractivity contribution in [2.45, 2.75) is 12.1 Å². The lowest BCUT2D eigenvalue weighted by molar-refractivity contribution is -0.140. The third-order valence-electron chi connectivity index (χ3n) is 3.82. The Labute approximate surface area is 134 Å². The van der Waals surface area contributed by atoms with E-state index in [0.717, 1.165) is 17.4 Å². The molecule has 0 spiro atoms. The van der Waals surface area contributed by atoms with Gasteiger partial charge in [-0.1, -0.05) is 18.2 Å². The SMILES string of the molecule is FC(F)(F)c1cc2c(N=CC3COc4ccccc43)ncnc2[nH]1. The van der Waals surface area contributed by atoms with Gasteiger partial charge in [-0.25, -0.2) is 15.0 Å². The lowest BCUT2D eigenvalue weighted by Gasteiger charge is -2.01. The molecule has 3 heterocycles. The molecule has 0 saturated carbocycles. The first-order chi connectivity index (χ1) is 11.5. The number of alkyl halides is 3. The first kappa shape index (κ1) is 14.7. The van der Waals surface area contributed by atoms with Gasteiger partial charge in [0.15, 0.2) is 5.82 Å². The van der Waals surface area contributed by atoms with Crippen molar-refractivity contribution in [1.29, 1.82) is 0 Å². The lowest BCUT2D eigenvalue weighted by Crippen LogP contribution is -2.04.